The quantitative estimate of drug-likeness (QED) is 0.119. The summed E-state index contributed by atoms with van der Waals surface area (Å²) in [4.78, 5) is 0. The van der Waals surface area contributed by atoms with E-state index in [1.165, 1.54) is 11.1 Å². The summed E-state index contributed by atoms with van der Waals surface area (Å²) >= 11 is 0. The van der Waals surface area contributed by atoms with Crippen LogP contribution < -0.4 is 0 Å². The van der Waals surface area contributed by atoms with E-state index in [0.717, 1.165) is 49.8 Å². The lowest BCUT2D eigenvalue weighted by Crippen LogP contribution is -2.59. The molecule has 6 aliphatic rings. The Bertz CT molecular complexity index is 1640. The van der Waals surface area contributed by atoms with E-state index >= 15 is 0 Å². The Morgan fingerprint density at radius 2 is 1.32 bits per heavy atom. The third-order valence-corrected chi connectivity index (χ3v) is 17.8. The molecule has 4 saturated heterocycles. The Morgan fingerprint density at radius 3 is 2.05 bits per heavy atom. The number of hydrogen-bond donors (Lipinski definition) is 0. The zero-order valence-corrected chi connectivity index (χ0v) is 35.3. The average molecular weight is 789 g/mol. The molecule has 2 aromatic rings. The predicted molar refractivity (Wildman–Crippen MR) is 217 cm³/mol. The van der Waals surface area contributed by atoms with E-state index in [0.29, 0.717) is 32.8 Å². The first kappa shape index (κ1) is 40.4. The summed E-state index contributed by atoms with van der Waals surface area (Å²) in [5, 5.41) is 0.0521. The monoisotopic (exact) mass is 788 g/mol. The van der Waals surface area contributed by atoms with Crippen molar-refractivity contribution in [3.05, 3.63) is 95.3 Å². The largest absolute Gasteiger partial charge is 0.492 e. The van der Waals surface area contributed by atoms with E-state index in [4.69, 9.17) is 42.3 Å². The lowest BCUT2D eigenvalue weighted by Gasteiger charge is -2.51. The molecular formula is C46H64O9Si. The minimum atomic E-state index is -2.15. The molecule has 6 heterocycles. The fraction of sp³-hybridized carbons (Fsp3) is 0.652. The van der Waals surface area contributed by atoms with Crippen LogP contribution in [0.3, 0.4) is 0 Å². The number of ether oxygens (including phenoxy) is 8. The molecule has 0 radical (unpaired) electrons. The van der Waals surface area contributed by atoms with Gasteiger partial charge >= 0.3 is 0 Å². The number of hydrogen-bond acceptors (Lipinski definition) is 9. The van der Waals surface area contributed by atoms with Gasteiger partial charge in [-0.3, -0.25) is 0 Å². The maximum Gasteiger partial charge on any atom is 0.192 e. The van der Waals surface area contributed by atoms with Crippen LogP contribution in [0.15, 0.2) is 84.1 Å². The Kier molecular flexibility index (Phi) is 12.6. The first-order valence-corrected chi connectivity index (χ1v) is 24.1. The van der Waals surface area contributed by atoms with Gasteiger partial charge in [-0.25, -0.2) is 0 Å². The van der Waals surface area contributed by atoms with Gasteiger partial charge in [-0.05, 0) is 60.7 Å². The molecule has 0 aliphatic carbocycles. The fourth-order valence-corrected chi connectivity index (χ4v) is 10.4. The molecule has 0 spiro atoms. The van der Waals surface area contributed by atoms with E-state index in [2.05, 4.69) is 89.3 Å². The number of fused-ring (bicyclic) bond motifs is 4. The second kappa shape index (κ2) is 17.5. The van der Waals surface area contributed by atoms with Crippen molar-refractivity contribution in [3.8, 4) is 0 Å². The van der Waals surface area contributed by atoms with Crippen LogP contribution in [-0.2, 0) is 55.5 Å². The first-order chi connectivity index (χ1) is 27.0. The molecule has 2 aromatic carbocycles. The van der Waals surface area contributed by atoms with Crippen LogP contribution in [0, 0.1) is 0 Å². The summed E-state index contributed by atoms with van der Waals surface area (Å²) < 4.78 is 60.4. The summed E-state index contributed by atoms with van der Waals surface area (Å²) in [7, 11) is -2.15. The van der Waals surface area contributed by atoms with Crippen molar-refractivity contribution in [1.82, 2.24) is 0 Å². The SMILES string of the molecule is CC1=CCO[C@H]2C[C@H]3O[C@H]4CC=C(C[C@H]5O[C@H]6C[C@@H](OCc7ccccc7)[C@H](CCOCc7ccccc7)O[C@@H]6C[C@@H]5O[Si](C)(C)C(C)(C)C)O[C@@H]4C[C@@H]3O[C@H]12. The molecule has 4 fully saturated rings. The molecule has 56 heavy (non-hydrogen) atoms. The van der Waals surface area contributed by atoms with Crippen molar-refractivity contribution < 1.29 is 42.3 Å². The van der Waals surface area contributed by atoms with Crippen molar-refractivity contribution in [2.24, 2.45) is 0 Å². The molecular weight excluding hydrogens is 725 g/mol. The summed E-state index contributed by atoms with van der Waals surface area (Å²) in [5.41, 5.74) is 3.57. The van der Waals surface area contributed by atoms with E-state index in [9.17, 15) is 0 Å². The summed E-state index contributed by atoms with van der Waals surface area (Å²) in [5.74, 6) is 0.966. The van der Waals surface area contributed by atoms with Crippen molar-refractivity contribution in [3.63, 3.8) is 0 Å². The van der Waals surface area contributed by atoms with Gasteiger partial charge in [0.2, 0.25) is 0 Å². The van der Waals surface area contributed by atoms with Crippen LogP contribution in [0.5, 0.6) is 0 Å². The minimum Gasteiger partial charge on any atom is -0.492 e. The molecule has 0 amide bonds. The molecule has 0 bridgehead atoms. The third kappa shape index (κ3) is 9.40. The zero-order chi connectivity index (χ0) is 38.9. The van der Waals surface area contributed by atoms with Crippen LogP contribution in [-0.4, -0.2) is 94.8 Å². The van der Waals surface area contributed by atoms with E-state index in [1.54, 1.807) is 0 Å². The molecule has 12 atom stereocenters. The van der Waals surface area contributed by atoms with Gasteiger partial charge in [0.15, 0.2) is 8.32 Å². The highest BCUT2D eigenvalue weighted by Crippen LogP contribution is 2.44. The predicted octanol–water partition coefficient (Wildman–Crippen LogP) is 8.61. The lowest BCUT2D eigenvalue weighted by atomic mass is 9.86. The maximum absolute atomic E-state index is 7.23. The van der Waals surface area contributed by atoms with Gasteiger partial charge in [-0.1, -0.05) is 87.5 Å². The van der Waals surface area contributed by atoms with Gasteiger partial charge in [-0.2, -0.15) is 0 Å². The molecule has 10 heteroatoms. The highest BCUT2D eigenvalue weighted by Gasteiger charge is 2.51. The Labute approximate surface area is 335 Å². The van der Waals surface area contributed by atoms with Crippen LogP contribution in [0.25, 0.3) is 0 Å². The molecule has 6 aliphatic heterocycles. The topological polar surface area (TPSA) is 83.1 Å². The second-order valence-corrected chi connectivity index (χ2v) is 23.1. The first-order valence-electron chi connectivity index (χ1n) is 21.2. The van der Waals surface area contributed by atoms with Gasteiger partial charge in [0.25, 0.3) is 0 Å². The van der Waals surface area contributed by atoms with Crippen LogP contribution >= 0.6 is 0 Å². The van der Waals surface area contributed by atoms with Crippen molar-refractivity contribution in [2.45, 2.75) is 177 Å². The van der Waals surface area contributed by atoms with E-state index in [1.807, 2.05) is 24.3 Å². The zero-order valence-electron chi connectivity index (χ0n) is 34.3. The summed E-state index contributed by atoms with van der Waals surface area (Å²) in [6.07, 6.45) is 9.07. The minimum absolute atomic E-state index is 0.000190. The number of rotatable bonds is 12. The highest BCUT2D eigenvalue weighted by atomic mass is 28.4. The van der Waals surface area contributed by atoms with Gasteiger partial charge < -0.3 is 42.3 Å². The van der Waals surface area contributed by atoms with Gasteiger partial charge in [0.05, 0.1) is 86.6 Å². The third-order valence-electron chi connectivity index (χ3n) is 13.3. The van der Waals surface area contributed by atoms with Crippen molar-refractivity contribution in [1.29, 1.82) is 0 Å². The van der Waals surface area contributed by atoms with Gasteiger partial charge in [0.1, 0.15) is 12.2 Å². The summed E-state index contributed by atoms with van der Waals surface area (Å²) in [6, 6.07) is 20.7. The molecule has 306 valence electrons. The van der Waals surface area contributed by atoms with Crippen LogP contribution in [0.2, 0.25) is 18.1 Å². The molecule has 9 nitrogen and oxygen atoms in total. The Balaban J connectivity index is 0.957. The molecule has 8 rings (SSSR count). The molecule has 0 N–H and O–H groups in total. The van der Waals surface area contributed by atoms with E-state index in [-0.39, 0.29) is 78.3 Å². The smallest absolute Gasteiger partial charge is 0.192 e. The van der Waals surface area contributed by atoms with Gasteiger partial charge in [0, 0.05) is 38.7 Å². The summed E-state index contributed by atoms with van der Waals surface area (Å²) in [6.45, 7) is 16.1. The van der Waals surface area contributed by atoms with Crippen LogP contribution in [0.4, 0.5) is 0 Å². The van der Waals surface area contributed by atoms with Crippen LogP contribution in [0.1, 0.15) is 83.8 Å². The standard InChI is InChI=1S/C46H64O9Si/c1-30-19-22-48-44-27-41-42(54-45(30)44)25-38-34(51-41)18-17-33(50-38)23-37-43(55-56(5,6)46(2,3)4)26-40-39(53-37)24-36(49-29-32-15-11-8-12-16-32)35(52-40)20-21-47-28-31-13-9-7-10-14-31/h7-17,19,34-45H,18,20-29H2,1-6H3/t34-,35-,36+,37+,38+,39-,40+,41+,42-,43-,44-,45+/m0/s1. The van der Waals surface area contributed by atoms with E-state index < -0.39 is 8.32 Å². The molecule has 0 unspecified atom stereocenters. The molecule has 0 aromatic heterocycles. The second-order valence-electron chi connectivity index (χ2n) is 18.3. The normalized spacial score (nSPS) is 35.8. The fourth-order valence-electron chi connectivity index (χ4n) is 9.04. The average Bonchev–Trinajstić information content (AvgIpc) is 3.18. The highest BCUT2D eigenvalue weighted by molar-refractivity contribution is 6.74. The number of benzene rings is 2. The molecule has 0 saturated carbocycles. The maximum atomic E-state index is 7.23. The Morgan fingerprint density at radius 1 is 0.679 bits per heavy atom. The lowest BCUT2D eigenvalue weighted by molar-refractivity contribution is -0.257. The van der Waals surface area contributed by atoms with Crippen molar-refractivity contribution >= 4 is 8.32 Å². The van der Waals surface area contributed by atoms with Gasteiger partial charge in [-0.15, -0.1) is 0 Å². The van der Waals surface area contributed by atoms with Crippen molar-refractivity contribution in [2.75, 3.05) is 13.2 Å². The Hall–Kier alpha value is -2.38.